The first-order valence-electron chi connectivity index (χ1n) is 7.88. The van der Waals surface area contributed by atoms with Gasteiger partial charge in [0.2, 0.25) is 0 Å². The van der Waals surface area contributed by atoms with Crippen molar-refractivity contribution < 1.29 is 18.7 Å². The average Bonchev–Trinajstić information content (AvgIpc) is 2.54. The molecule has 0 radical (unpaired) electrons. The van der Waals surface area contributed by atoms with E-state index in [4.69, 9.17) is 4.74 Å². The molecule has 2 rings (SSSR count). The van der Waals surface area contributed by atoms with E-state index in [2.05, 4.69) is 12.2 Å². The fourth-order valence-electron chi connectivity index (χ4n) is 2.67. The molecule has 0 aromatic heterocycles. The topological polar surface area (TPSA) is 55.4 Å². The molecule has 4 nitrogen and oxygen atoms in total. The first-order valence-corrected chi connectivity index (χ1v) is 8.87. The lowest BCUT2D eigenvalue weighted by atomic mass is 9.86. The van der Waals surface area contributed by atoms with E-state index in [1.807, 2.05) is 0 Å². The van der Waals surface area contributed by atoms with Gasteiger partial charge in [0.1, 0.15) is 5.82 Å². The molecule has 1 fully saturated rings. The monoisotopic (exact) mass is 339 g/mol. The molecular formula is C17H22FNO3S. The molecule has 1 amide bonds. The minimum atomic E-state index is -0.523. The van der Waals surface area contributed by atoms with Crippen molar-refractivity contribution in [3.8, 4) is 0 Å². The van der Waals surface area contributed by atoms with Gasteiger partial charge in [0, 0.05) is 10.9 Å². The number of thioether (sulfide) groups is 1. The number of hydrogen-bond donors (Lipinski definition) is 1. The van der Waals surface area contributed by atoms with Crippen LogP contribution in [0.2, 0.25) is 0 Å². The van der Waals surface area contributed by atoms with E-state index in [-0.39, 0.29) is 30.1 Å². The van der Waals surface area contributed by atoms with Gasteiger partial charge in [0.05, 0.1) is 5.75 Å². The Morgan fingerprint density at radius 1 is 1.30 bits per heavy atom. The highest BCUT2D eigenvalue weighted by Crippen LogP contribution is 2.23. The molecule has 1 saturated carbocycles. The standard InChI is InChI=1S/C17H22FNO3S/c1-12-6-2-4-8-14(12)19-16(20)10-22-17(21)11-23-15-9-5-3-7-13(15)18/h3,5,7,9,12,14H,2,4,6,8,10-11H2,1H3,(H,19,20)/t12-,14+/m1/s1. The Kier molecular flexibility index (Phi) is 6.89. The van der Waals surface area contributed by atoms with Gasteiger partial charge in [-0.3, -0.25) is 9.59 Å². The van der Waals surface area contributed by atoms with Gasteiger partial charge >= 0.3 is 5.97 Å². The number of ether oxygens (including phenoxy) is 1. The largest absolute Gasteiger partial charge is 0.455 e. The van der Waals surface area contributed by atoms with Crippen LogP contribution in [0.4, 0.5) is 4.39 Å². The van der Waals surface area contributed by atoms with Crippen molar-refractivity contribution in [2.45, 2.75) is 43.5 Å². The van der Waals surface area contributed by atoms with Crippen molar-refractivity contribution in [3.63, 3.8) is 0 Å². The molecule has 6 heteroatoms. The summed E-state index contributed by atoms with van der Waals surface area (Å²) in [5.74, 6) is -0.721. The summed E-state index contributed by atoms with van der Waals surface area (Å²) < 4.78 is 18.4. The minimum absolute atomic E-state index is 0.0198. The number of nitrogens with one attached hydrogen (secondary N) is 1. The minimum Gasteiger partial charge on any atom is -0.455 e. The zero-order chi connectivity index (χ0) is 16.7. The maximum atomic E-state index is 13.4. The van der Waals surface area contributed by atoms with Crippen LogP contribution in [0.25, 0.3) is 0 Å². The summed E-state index contributed by atoms with van der Waals surface area (Å²) in [6, 6.07) is 6.41. The number of carbonyl (C=O) groups is 2. The van der Waals surface area contributed by atoms with Crippen LogP contribution in [0.15, 0.2) is 29.2 Å². The summed E-state index contributed by atoms with van der Waals surface area (Å²) in [6.07, 6.45) is 4.41. The predicted octanol–water partition coefficient (Wildman–Crippen LogP) is 3.16. The Morgan fingerprint density at radius 2 is 2.04 bits per heavy atom. The third kappa shape index (κ3) is 5.86. The maximum absolute atomic E-state index is 13.4. The third-order valence-corrected chi connectivity index (χ3v) is 5.03. The van der Waals surface area contributed by atoms with Gasteiger partial charge in [0.25, 0.3) is 5.91 Å². The van der Waals surface area contributed by atoms with Gasteiger partial charge < -0.3 is 10.1 Å². The summed E-state index contributed by atoms with van der Waals surface area (Å²) in [7, 11) is 0. The molecule has 0 bridgehead atoms. The summed E-state index contributed by atoms with van der Waals surface area (Å²) in [5, 5.41) is 2.92. The second-order valence-electron chi connectivity index (χ2n) is 5.82. The molecule has 1 aliphatic carbocycles. The molecule has 1 aliphatic rings. The average molecular weight is 339 g/mol. The van der Waals surface area contributed by atoms with E-state index in [9.17, 15) is 14.0 Å². The number of esters is 1. The highest BCUT2D eigenvalue weighted by Gasteiger charge is 2.23. The van der Waals surface area contributed by atoms with Crippen LogP contribution in [0.3, 0.4) is 0 Å². The van der Waals surface area contributed by atoms with E-state index >= 15 is 0 Å². The lowest BCUT2D eigenvalue weighted by Gasteiger charge is -2.29. The van der Waals surface area contributed by atoms with Crippen LogP contribution in [0.1, 0.15) is 32.6 Å². The van der Waals surface area contributed by atoms with Crippen LogP contribution in [0.5, 0.6) is 0 Å². The van der Waals surface area contributed by atoms with E-state index in [0.717, 1.165) is 31.0 Å². The zero-order valence-corrected chi connectivity index (χ0v) is 14.0. The van der Waals surface area contributed by atoms with Crippen molar-refractivity contribution >= 4 is 23.6 Å². The molecule has 2 atom stereocenters. The van der Waals surface area contributed by atoms with Crippen LogP contribution in [0, 0.1) is 11.7 Å². The van der Waals surface area contributed by atoms with Crippen LogP contribution in [-0.2, 0) is 14.3 Å². The first-order chi connectivity index (χ1) is 11.1. The summed E-state index contributed by atoms with van der Waals surface area (Å²) in [4.78, 5) is 23.9. The normalized spacial score (nSPS) is 20.8. The molecule has 23 heavy (non-hydrogen) atoms. The SMILES string of the molecule is C[C@@H]1CCCC[C@@H]1NC(=O)COC(=O)CSc1ccccc1F. The zero-order valence-electron chi connectivity index (χ0n) is 13.2. The van der Waals surface area contributed by atoms with Crippen LogP contribution < -0.4 is 5.32 Å². The van der Waals surface area contributed by atoms with Gasteiger partial charge in [0.15, 0.2) is 6.61 Å². The van der Waals surface area contributed by atoms with E-state index in [0.29, 0.717) is 10.8 Å². The van der Waals surface area contributed by atoms with Crippen molar-refractivity contribution in [1.82, 2.24) is 5.32 Å². The second-order valence-corrected chi connectivity index (χ2v) is 6.83. The fraction of sp³-hybridized carbons (Fsp3) is 0.529. The number of hydrogen-bond acceptors (Lipinski definition) is 4. The lowest BCUT2D eigenvalue weighted by Crippen LogP contribution is -2.43. The van der Waals surface area contributed by atoms with Crippen molar-refractivity contribution in [2.75, 3.05) is 12.4 Å². The Labute approximate surface area is 140 Å². The molecule has 126 valence electrons. The Morgan fingerprint density at radius 3 is 2.78 bits per heavy atom. The van der Waals surface area contributed by atoms with Crippen LogP contribution in [-0.4, -0.2) is 30.3 Å². The Bertz CT molecular complexity index is 552. The highest BCUT2D eigenvalue weighted by molar-refractivity contribution is 8.00. The number of amides is 1. The highest BCUT2D eigenvalue weighted by atomic mass is 32.2. The van der Waals surface area contributed by atoms with Gasteiger partial charge in [-0.15, -0.1) is 11.8 Å². The fourth-order valence-corrected chi connectivity index (χ4v) is 3.40. The number of benzene rings is 1. The van der Waals surface area contributed by atoms with Crippen LogP contribution >= 0.6 is 11.8 Å². The van der Waals surface area contributed by atoms with Gasteiger partial charge in [-0.2, -0.15) is 0 Å². The number of rotatable bonds is 6. The van der Waals surface area contributed by atoms with Gasteiger partial charge in [-0.1, -0.05) is 31.9 Å². The first kappa shape index (κ1) is 17.8. The molecule has 0 heterocycles. The van der Waals surface area contributed by atoms with Gasteiger partial charge in [-0.05, 0) is 30.9 Å². The quantitative estimate of drug-likeness (QED) is 0.639. The molecular weight excluding hydrogens is 317 g/mol. The van der Waals surface area contributed by atoms with Crippen molar-refractivity contribution in [3.05, 3.63) is 30.1 Å². The smallest absolute Gasteiger partial charge is 0.316 e. The Hall–Kier alpha value is -1.56. The van der Waals surface area contributed by atoms with Crippen molar-refractivity contribution in [2.24, 2.45) is 5.92 Å². The summed E-state index contributed by atoms with van der Waals surface area (Å²) in [5.41, 5.74) is 0. The van der Waals surface area contributed by atoms with Gasteiger partial charge in [-0.25, -0.2) is 4.39 Å². The Balaban J connectivity index is 1.67. The maximum Gasteiger partial charge on any atom is 0.316 e. The molecule has 0 unspecified atom stereocenters. The predicted molar refractivity (Wildman–Crippen MR) is 87.6 cm³/mol. The van der Waals surface area contributed by atoms with E-state index in [1.54, 1.807) is 18.2 Å². The molecule has 1 aromatic carbocycles. The van der Waals surface area contributed by atoms with Crippen molar-refractivity contribution in [1.29, 1.82) is 0 Å². The molecule has 1 N–H and O–H groups in total. The molecule has 0 aliphatic heterocycles. The molecule has 0 spiro atoms. The second kappa shape index (κ2) is 8.91. The van der Waals surface area contributed by atoms with E-state index in [1.165, 1.54) is 12.5 Å². The van der Waals surface area contributed by atoms with E-state index < -0.39 is 5.97 Å². The third-order valence-electron chi connectivity index (χ3n) is 4.00. The molecule has 0 saturated heterocycles. The molecule has 1 aromatic rings. The summed E-state index contributed by atoms with van der Waals surface area (Å²) in [6.45, 7) is 1.85. The number of carbonyl (C=O) groups excluding carboxylic acids is 2. The number of halogens is 1. The summed E-state index contributed by atoms with van der Waals surface area (Å²) >= 11 is 1.06. The lowest BCUT2D eigenvalue weighted by molar-refractivity contribution is -0.146.